The van der Waals surface area contributed by atoms with Crippen LogP contribution < -0.4 is 10.6 Å². The quantitative estimate of drug-likeness (QED) is 0.401. The lowest BCUT2D eigenvalue weighted by Crippen LogP contribution is -2.42. The lowest BCUT2D eigenvalue weighted by Gasteiger charge is -2.28. The first kappa shape index (κ1) is 24.0. The molecular formula is C24H34N2O6. The average Bonchev–Trinajstić information content (AvgIpc) is 3.39. The fraction of sp³-hybridized carbons (Fsp3) is 0.625. The van der Waals surface area contributed by atoms with Gasteiger partial charge in [-0.2, -0.15) is 0 Å². The number of aliphatic carboxylic acids is 1. The molecule has 4 unspecified atom stereocenters. The largest absolute Gasteiger partial charge is 0.481 e. The SMILES string of the molecule is O=C(O)CCCCCCC1C2CCC(O2)C1CNC(=O)CNC(=O)OCc1ccccc1. The van der Waals surface area contributed by atoms with E-state index in [1.165, 1.54) is 0 Å². The Bertz CT molecular complexity index is 756. The van der Waals surface area contributed by atoms with Crippen molar-refractivity contribution in [2.24, 2.45) is 11.8 Å². The van der Waals surface area contributed by atoms with E-state index in [0.717, 1.165) is 50.5 Å². The van der Waals surface area contributed by atoms with E-state index < -0.39 is 12.1 Å². The number of nitrogens with one attached hydrogen (secondary N) is 2. The van der Waals surface area contributed by atoms with Crippen LogP contribution in [0.15, 0.2) is 30.3 Å². The van der Waals surface area contributed by atoms with Crippen LogP contribution in [-0.2, 0) is 25.7 Å². The molecule has 2 aliphatic heterocycles. The fourth-order valence-corrected chi connectivity index (χ4v) is 4.78. The van der Waals surface area contributed by atoms with Crippen molar-refractivity contribution < 1.29 is 29.0 Å². The monoisotopic (exact) mass is 446 g/mol. The van der Waals surface area contributed by atoms with Crippen LogP contribution in [-0.4, -0.2) is 48.4 Å². The van der Waals surface area contributed by atoms with Crippen LogP contribution in [0.2, 0.25) is 0 Å². The summed E-state index contributed by atoms with van der Waals surface area (Å²) in [6, 6.07) is 9.36. The molecule has 0 aliphatic carbocycles. The van der Waals surface area contributed by atoms with E-state index in [2.05, 4.69) is 10.6 Å². The Morgan fingerprint density at radius 1 is 0.969 bits per heavy atom. The van der Waals surface area contributed by atoms with Gasteiger partial charge < -0.3 is 25.2 Å². The van der Waals surface area contributed by atoms with Crippen molar-refractivity contribution in [2.75, 3.05) is 13.1 Å². The first-order valence-corrected chi connectivity index (χ1v) is 11.6. The Kier molecular flexibility index (Phi) is 9.34. The van der Waals surface area contributed by atoms with Crippen LogP contribution in [0.5, 0.6) is 0 Å². The predicted molar refractivity (Wildman–Crippen MR) is 118 cm³/mol. The second-order valence-corrected chi connectivity index (χ2v) is 8.68. The van der Waals surface area contributed by atoms with Crippen LogP contribution in [0.3, 0.4) is 0 Å². The minimum absolute atomic E-state index is 0.121. The van der Waals surface area contributed by atoms with Crippen molar-refractivity contribution >= 4 is 18.0 Å². The van der Waals surface area contributed by atoms with E-state index in [4.69, 9.17) is 14.6 Å². The number of benzene rings is 1. The topological polar surface area (TPSA) is 114 Å². The van der Waals surface area contributed by atoms with Gasteiger partial charge in [-0.3, -0.25) is 9.59 Å². The van der Waals surface area contributed by atoms with Gasteiger partial charge in [-0.1, -0.05) is 49.6 Å². The number of carboxylic acids is 1. The van der Waals surface area contributed by atoms with E-state index in [1.807, 2.05) is 30.3 Å². The zero-order valence-electron chi connectivity index (χ0n) is 18.5. The van der Waals surface area contributed by atoms with Gasteiger partial charge in [0.2, 0.25) is 5.91 Å². The highest BCUT2D eigenvalue weighted by molar-refractivity contribution is 5.82. The Hall–Kier alpha value is -2.61. The molecule has 2 bridgehead atoms. The van der Waals surface area contributed by atoms with Gasteiger partial charge in [0.05, 0.1) is 18.8 Å². The second-order valence-electron chi connectivity index (χ2n) is 8.68. The van der Waals surface area contributed by atoms with Gasteiger partial charge >= 0.3 is 12.1 Å². The lowest BCUT2D eigenvalue weighted by molar-refractivity contribution is -0.137. The van der Waals surface area contributed by atoms with Gasteiger partial charge in [0.25, 0.3) is 0 Å². The molecule has 32 heavy (non-hydrogen) atoms. The van der Waals surface area contributed by atoms with Gasteiger partial charge in [-0.25, -0.2) is 4.79 Å². The molecule has 8 heteroatoms. The molecule has 176 valence electrons. The maximum atomic E-state index is 12.2. The van der Waals surface area contributed by atoms with Gasteiger partial charge in [0.15, 0.2) is 0 Å². The van der Waals surface area contributed by atoms with E-state index in [0.29, 0.717) is 18.4 Å². The van der Waals surface area contributed by atoms with Gasteiger partial charge in [0, 0.05) is 18.9 Å². The first-order chi connectivity index (χ1) is 15.5. The van der Waals surface area contributed by atoms with E-state index in [9.17, 15) is 14.4 Å². The minimum atomic E-state index is -0.735. The first-order valence-electron chi connectivity index (χ1n) is 11.6. The molecular weight excluding hydrogens is 412 g/mol. The standard InChI is InChI=1S/C24H34N2O6/c27-22(15-26-24(30)31-16-17-8-4-3-5-9-17)25-14-19-18(20-12-13-21(19)32-20)10-6-1-2-7-11-23(28)29/h3-5,8-9,18-21H,1-2,6-7,10-16H2,(H,25,27)(H,26,30)(H,28,29). The van der Waals surface area contributed by atoms with Crippen molar-refractivity contribution in [3.8, 4) is 0 Å². The van der Waals surface area contributed by atoms with Crippen LogP contribution in [0.1, 0.15) is 56.9 Å². The molecule has 0 radical (unpaired) electrons. The van der Waals surface area contributed by atoms with Crippen LogP contribution in [0.25, 0.3) is 0 Å². The number of amides is 2. The van der Waals surface area contributed by atoms with Crippen molar-refractivity contribution in [3.05, 3.63) is 35.9 Å². The summed E-state index contributed by atoms with van der Waals surface area (Å²) < 4.78 is 11.2. The van der Waals surface area contributed by atoms with Crippen molar-refractivity contribution in [1.82, 2.24) is 10.6 Å². The summed E-state index contributed by atoms with van der Waals surface area (Å²) in [4.78, 5) is 34.6. The zero-order valence-corrected chi connectivity index (χ0v) is 18.5. The summed E-state index contributed by atoms with van der Waals surface area (Å²) in [7, 11) is 0. The third-order valence-electron chi connectivity index (χ3n) is 6.41. The summed E-state index contributed by atoms with van der Waals surface area (Å²) >= 11 is 0. The number of carboxylic acid groups (broad SMARTS) is 1. The number of hydrogen-bond acceptors (Lipinski definition) is 5. The summed E-state index contributed by atoms with van der Waals surface area (Å²) in [6.45, 7) is 0.586. The highest BCUT2D eigenvalue weighted by Gasteiger charge is 2.48. The van der Waals surface area contributed by atoms with Gasteiger partial charge in [0.1, 0.15) is 6.61 Å². The van der Waals surface area contributed by atoms with Gasteiger partial charge in [-0.05, 0) is 37.2 Å². The van der Waals surface area contributed by atoms with Crippen molar-refractivity contribution in [1.29, 1.82) is 0 Å². The van der Waals surface area contributed by atoms with Crippen molar-refractivity contribution in [3.63, 3.8) is 0 Å². The number of fused-ring (bicyclic) bond motifs is 2. The molecule has 0 aromatic heterocycles. The molecule has 2 fully saturated rings. The fourth-order valence-electron chi connectivity index (χ4n) is 4.78. The summed E-state index contributed by atoms with van der Waals surface area (Å²) in [5.41, 5.74) is 0.885. The maximum Gasteiger partial charge on any atom is 0.407 e. The van der Waals surface area contributed by atoms with E-state index in [1.54, 1.807) is 0 Å². The minimum Gasteiger partial charge on any atom is -0.481 e. The number of ether oxygens (including phenoxy) is 2. The highest BCUT2D eigenvalue weighted by Crippen LogP contribution is 2.45. The Labute approximate surface area is 189 Å². The second kappa shape index (κ2) is 12.4. The molecule has 2 saturated heterocycles. The summed E-state index contributed by atoms with van der Waals surface area (Å²) in [5.74, 6) is -0.253. The molecule has 0 saturated carbocycles. The number of hydrogen-bond donors (Lipinski definition) is 3. The molecule has 2 amide bonds. The normalized spacial score (nSPS) is 23.6. The maximum absolute atomic E-state index is 12.2. The van der Waals surface area contributed by atoms with E-state index >= 15 is 0 Å². The lowest BCUT2D eigenvalue weighted by atomic mass is 9.76. The van der Waals surface area contributed by atoms with E-state index in [-0.39, 0.29) is 37.7 Å². The van der Waals surface area contributed by atoms with Crippen LogP contribution >= 0.6 is 0 Å². The third kappa shape index (κ3) is 7.51. The zero-order chi connectivity index (χ0) is 22.8. The smallest absolute Gasteiger partial charge is 0.407 e. The van der Waals surface area contributed by atoms with Crippen LogP contribution in [0, 0.1) is 11.8 Å². The molecule has 1 aromatic rings. The number of alkyl carbamates (subject to hydrolysis) is 1. The molecule has 1 aromatic carbocycles. The molecule has 2 heterocycles. The van der Waals surface area contributed by atoms with Crippen LogP contribution in [0.4, 0.5) is 4.79 Å². The highest BCUT2D eigenvalue weighted by atomic mass is 16.5. The number of rotatable bonds is 13. The summed E-state index contributed by atoms with van der Waals surface area (Å²) in [5, 5.41) is 14.1. The number of carbonyl (C=O) groups excluding carboxylic acids is 2. The Morgan fingerprint density at radius 3 is 2.44 bits per heavy atom. The average molecular weight is 447 g/mol. The molecule has 3 N–H and O–H groups in total. The Morgan fingerprint density at radius 2 is 1.69 bits per heavy atom. The summed E-state index contributed by atoms with van der Waals surface area (Å²) in [6.07, 6.45) is 6.97. The molecule has 3 rings (SSSR count). The molecule has 4 atom stereocenters. The molecule has 2 aliphatic rings. The predicted octanol–water partition coefficient (Wildman–Crippen LogP) is 3.25. The Balaban J connectivity index is 1.31. The third-order valence-corrected chi connectivity index (χ3v) is 6.41. The van der Waals surface area contributed by atoms with Gasteiger partial charge in [-0.15, -0.1) is 0 Å². The molecule has 0 spiro atoms. The molecule has 8 nitrogen and oxygen atoms in total. The number of carbonyl (C=O) groups is 3. The number of unbranched alkanes of at least 4 members (excludes halogenated alkanes) is 3. The van der Waals surface area contributed by atoms with Crippen molar-refractivity contribution in [2.45, 2.75) is 70.2 Å².